The highest BCUT2D eigenvalue weighted by molar-refractivity contribution is 5.94. The number of fused-ring (bicyclic) bond motifs is 1. The summed E-state index contributed by atoms with van der Waals surface area (Å²) in [5.41, 5.74) is 0.694. The molecule has 4 rings (SSSR count). The lowest BCUT2D eigenvalue weighted by atomic mass is 9.99. The van der Waals surface area contributed by atoms with Gasteiger partial charge in [0.15, 0.2) is 12.2 Å². The zero-order chi connectivity index (χ0) is 16.4. The monoisotopic (exact) mass is 323 g/mol. The number of carbonyl (C=O) groups excluding carboxylic acids is 1. The van der Waals surface area contributed by atoms with E-state index in [1.807, 2.05) is 12.1 Å². The largest absolute Gasteiger partial charge is 0.442 e. The van der Waals surface area contributed by atoms with E-state index >= 15 is 0 Å². The molecule has 0 unspecified atom stereocenters. The summed E-state index contributed by atoms with van der Waals surface area (Å²) < 4.78 is 5.28. The Kier molecular flexibility index (Phi) is 3.92. The maximum absolute atomic E-state index is 12.3. The van der Waals surface area contributed by atoms with E-state index in [4.69, 9.17) is 4.42 Å². The lowest BCUT2D eigenvalue weighted by Crippen LogP contribution is -2.37. The van der Waals surface area contributed by atoms with Crippen molar-refractivity contribution in [2.75, 3.05) is 18.4 Å². The summed E-state index contributed by atoms with van der Waals surface area (Å²) in [6.07, 6.45) is 8.37. The topological polar surface area (TPSA) is 92.9 Å². The van der Waals surface area contributed by atoms with E-state index in [2.05, 4.69) is 25.6 Å². The Morgan fingerprint density at radius 2 is 2.12 bits per heavy atom. The fraction of sp³-hybridized carbons (Fsp3) is 0.294. The number of aromatic nitrogens is 3. The molecule has 0 aliphatic carbocycles. The number of oxazole rings is 1. The van der Waals surface area contributed by atoms with Gasteiger partial charge in [0.25, 0.3) is 0 Å². The van der Waals surface area contributed by atoms with Crippen LogP contribution in [0.15, 0.2) is 41.5 Å². The van der Waals surface area contributed by atoms with Crippen LogP contribution in [0.5, 0.6) is 0 Å². The minimum atomic E-state index is -0.00144. The molecular weight excluding hydrogens is 306 g/mol. The first kappa shape index (κ1) is 14.8. The van der Waals surface area contributed by atoms with Crippen molar-refractivity contribution < 1.29 is 9.21 Å². The minimum Gasteiger partial charge on any atom is -0.442 e. The number of anilines is 1. The van der Waals surface area contributed by atoms with Crippen LogP contribution in [-0.2, 0) is 4.79 Å². The van der Waals surface area contributed by atoms with Crippen LogP contribution in [-0.4, -0.2) is 33.9 Å². The first-order valence-electron chi connectivity index (χ1n) is 7.96. The Balaban J connectivity index is 1.58. The molecule has 7 nitrogen and oxygen atoms in total. The molecule has 4 heterocycles. The van der Waals surface area contributed by atoms with Gasteiger partial charge in [-0.05, 0) is 36.9 Å². The molecule has 3 aromatic rings. The quantitative estimate of drug-likeness (QED) is 0.768. The third kappa shape index (κ3) is 2.98. The van der Waals surface area contributed by atoms with Crippen LogP contribution in [0.3, 0.4) is 0 Å². The van der Waals surface area contributed by atoms with Crippen LogP contribution < -0.4 is 10.6 Å². The number of piperidine rings is 1. The van der Waals surface area contributed by atoms with Gasteiger partial charge in [-0.15, -0.1) is 0 Å². The van der Waals surface area contributed by atoms with Gasteiger partial charge in [0, 0.05) is 24.3 Å². The Morgan fingerprint density at radius 3 is 2.92 bits per heavy atom. The first-order chi connectivity index (χ1) is 11.8. The summed E-state index contributed by atoms with van der Waals surface area (Å²) in [4.78, 5) is 24.9. The van der Waals surface area contributed by atoms with E-state index in [1.165, 1.54) is 6.39 Å². The van der Waals surface area contributed by atoms with Crippen molar-refractivity contribution in [2.45, 2.75) is 12.8 Å². The van der Waals surface area contributed by atoms with Crippen molar-refractivity contribution >= 4 is 22.5 Å². The average Bonchev–Trinajstić information content (AvgIpc) is 3.16. The summed E-state index contributed by atoms with van der Waals surface area (Å²) in [6.45, 7) is 1.70. The number of nitrogens with one attached hydrogen (secondary N) is 2. The number of carbonyl (C=O) groups is 1. The van der Waals surface area contributed by atoms with E-state index in [0.29, 0.717) is 17.3 Å². The number of amides is 1. The first-order valence-corrected chi connectivity index (χ1v) is 7.96. The molecule has 1 aliphatic rings. The van der Waals surface area contributed by atoms with E-state index in [9.17, 15) is 4.79 Å². The zero-order valence-corrected chi connectivity index (χ0v) is 13.0. The van der Waals surface area contributed by atoms with Gasteiger partial charge < -0.3 is 15.1 Å². The Labute approximate surface area is 138 Å². The standard InChI is InChI=1S/C17H17N5O2/c23-17(11-2-1-3-18-6-11)22-16-5-12-4-14(15-9-19-10-24-15)20-7-13(12)8-21-16/h4-5,7-11,18H,1-3,6H2,(H,21,22,23)/t11-/m1/s1. The Hall–Kier alpha value is -2.80. The van der Waals surface area contributed by atoms with Crippen molar-refractivity contribution in [1.29, 1.82) is 0 Å². The van der Waals surface area contributed by atoms with Gasteiger partial charge >= 0.3 is 0 Å². The second-order valence-electron chi connectivity index (χ2n) is 5.88. The van der Waals surface area contributed by atoms with Gasteiger partial charge in [-0.3, -0.25) is 9.78 Å². The molecule has 1 amide bonds. The summed E-state index contributed by atoms with van der Waals surface area (Å²) in [7, 11) is 0. The molecule has 2 N–H and O–H groups in total. The van der Waals surface area contributed by atoms with Crippen LogP contribution >= 0.6 is 0 Å². The highest BCUT2D eigenvalue weighted by Gasteiger charge is 2.21. The summed E-state index contributed by atoms with van der Waals surface area (Å²) >= 11 is 0. The van der Waals surface area contributed by atoms with E-state index < -0.39 is 0 Å². The second-order valence-corrected chi connectivity index (χ2v) is 5.88. The number of hydrogen-bond acceptors (Lipinski definition) is 6. The molecule has 0 bridgehead atoms. The third-order valence-electron chi connectivity index (χ3n) is 4.21. The van der Waals surface area contributed by atoms with E-state index in [-0.39, 0.29) is 11.8 Å². The summed E-state index contributed by atoms with van der Waals surface area (Å²) in [5.74, 6) is 1.16. The lowest BCUT2D eigenvalue weighted by molar-refractivity contribution is -0.120. The van der Waals surface area contributed by atoms with E-state index in [0.717, 1.165) is 36.7 Å². The van der Waals surface area contributed by atoms with Crippen molar-refractivity contribution in [1.82, 2.24) is 20.3 Å². The average molecular weight is 323 g/mol. The SMILES string of the molecule is O=C(Nc1cc2cc(-c3cnco3)ncc2cn1)[C@@H]1CCCNC1. The molecule has 0 aromatic carbocycles. The molecule has 24 heavy (non-hydrogen) atoms. The number of nitrogens with zero attached hydrogens (tertiary/aromatic N) is 3. The number of pyridine rings is 2. The molecular formula is C17H17N5O2. The molecule has 0 spiro atoms. The summed E-state index contributed by atoms with van der Waals surface area (Å²) in [6, 6.07) is 3.75. The Bertz CT molecular complexity index is 857. The van der Waals surface area contributed by atoms with Crippen LogP contribution in [0.4, 0.5) is 5.82 Å². The predicted molar refractivity (Wildman–Crippen MR) is 89.3 cm³/mol. The van der Waals surface area contributed by atoms with Crippen molar-refractivity contribution in [2.24, 2.45) is 5.92 Å². The third-order valence-corrected chi connectivity index (χ3v) is 4.21. The number of hydrogen-bond donors (Lipinski definition) is 2. The number of rotatable bonds is 3. The molecule has 0 radical (unpaired) electrons. The highest BCUT2D eigenvalue weighted by atomic mass is 16.3. The van der Waals surface area contributed by atoms with Crippen LogP contribution in [0.2, 0.25) is 0 Å². The fourth-order valence-electron chi connectivity index (χ4n) is 2.89. The maximum atomic E-state index is 12.3. The normalized spacial score (nSPS) is 17.8. The molecule has 1 saturated heterocycles. The molecule has 7 heteroatoms. The lowest BCUT2D eigenvalue weighted by Gasteiger charge is -2.21. The summed E-state index contributed by atoms with van der Waals surface area (Å²) in [5, 5.41) is 7.99. The van der Waals surface area contributed by atoms with Gasteiger partial charge in [-0.25, -0.2) is 9.97 Å². The Morgan fingerprint density at radius 1 is 1.21 bits per heavy atom. The van der Waals surface area contributed by atoms with Crippen LogP contribution in [0, 0.1) is 5.92 Å². The van der Waals surface area contributed by atoms with Gasteiger partial charge in [0.2, 0.25) is 5.91 Å². The van der Waals surface area contributed by atoms with Crippen LogP contribution in [0.1, 0.15) is 12.8 Å². The molecule has 122 valence electrons. The zero-order valence-electron chi connectivity index (χ0n) is 13.0. The molecule has 3 aromatic heterocycles. The van der Waals surface area contributed by atoms with Crippen molar-refractivity contribution in [3.05, 3.63) is 37.1 Å². The van der Waals surface area contributed by atoms with Gasteiger partial charge in [0.1, 0.15) is 11.5 Å². The second kappa shape index (κ2) is 6.37. The van der Waals surface area contributed by atoms with E-state index in [1.54, 1.807) is 18.6 Å². The smallest absolute Gasteiger partial charge is 0.229 e. The van der Waals surface area contributed by atoms with Crippen molar-refractivity contribution in [3.8, 4) is 11.5 Å². The van der Waals surface area contributed by atoms with Gasteiger partial charge in [-0.2, -0.15) is 0 Å². The maximum Gasteiger partial charge on any atom is 0.229 e. The molecule has 0 saturated carbocycles. The molecule has 1 aliphatic heterocycles. The molecule has 1 fully saturated rings. The van der Waals surface area contributed by atoms with Crippen molar-refractivity contribution in [3.63, 3.8) is 0 Å². The molecule has 1 atom stereocenters. The van der Waals surface area contributed by atoms with Gasteiger partial charge in [0.05, 0.1) is 12.1 Å². The fourth-order valence-corrected chi connectivity index (χ4v) is 2.89. The predicted octanol–water partition coefficient (Wildman–Crippen LogP) is 2.22. The highest BCUT2D eigenvalue weighted by Crippen LogP contribution is 2.23. The van der Waals surface area contributed by atoms with Crippen LogP contribution in [0.25, 0.3) is 22.2 Å². The van der Waals surface area contributed by atoms with Gasteiger partial charge in [-0.1, -0.05) is 0 Å². The minimum absolute atomic E-state index is 0.00144.